The van der Waals surface area contributed by atoms with Gasteiger partial charge in [-0.05, 0) is 20.8 Å². The first-order chi connectivity index (χ1) is 5.20. The van der Waals surface area contributed by atoms with Crippen LogP contribution < -0.4 is 52.2 Å². The van der Waals surface area contributed by atoms with Crippen molar-refractivity contribution < 1.29 is 46.5 Å². The van der Waals surface area contributed by atoms with E-state index in [1.807, 2.05) is 0 Å². The molecule has 0 aromatic heterocycles. The minimum atomic E-state index is -1.08. The Morgan fingerprint density at radius 2 is 0.526 bits per heavy atom. The predicted octanol–water partition coefficient (Wildman–Crippen LogP) is -2.76. The van der Waals surface area contributed by atoms with Gasteiger partial charge >= 0.3 is 16.8 Å². The van der Waals surface area contributed by atoms with E-state index in [0.29, 0.717) is 0 Å². The second-order valence-electron chi connectivity index (χ2n) is 1.47. The number of hydrogen-bond acceptors (Lipinski definition) is 12. The monoisotopic (exact) mass is 338 g/mol. The average Bonchev–Trinajstić information content (AvgIpc) is 1.54. The average molecular weight is 338 g/mol. The van der Waals surface area contributed by atoms with Gasteiger partial charge in [-0.15, -0.1) is 0 Å². The van der Waals surface area contributed by atoms with E-state index in [9.17, 15) is 0 Å². The summed E-state index contributed by atoms with van der Waals surface area (Å²) in [6.45, 7) is 2.92. The molecule has 0 amide bonds. The fourth-order valence-electron chi connectivity index (χ4n) is 0. The second-order valence-corrected chi connectivity index (χ2v) is 1.47. The van der Waals surface area contributed by atoms with Gasteiger partial charge in [0.15, 0.2) is 0 Å². The van der Waals surface area contributed by atoms with Crippen molar-refractivity contribution in [3.8, 4) is 0 Å². The number of rotatable bonds is 0. The van der Waals surface area contributed by atoms with Crippen LogP contribution in [0.2, 0.25) is 0 Å². The summed E-state index contributed by atoms with van der Waals surface area (Å²) in [5, 5.41) is 26.7. The normalized spacial score (nSPS) is 3.95. The van der Waals surface area contributed by atoms with Crippen molar-refractivity contribution in [2.24, 2.45) is 0 Å². The molecule has 0 radical (unpaired) electrons. The molecule has 12 nitrogen and oxygen atoms in total. The summed E-state index contributed by atoms with van der Waals surface area (Å²) >= 11 is 0. The number of carboxylic acids is 3. The Hall–Kier alpha value is -1.32. The molecule has 0 aromatic rings. The van der Waals surface area contributed by atoms with Crippen LogP contribution in [0.4, 0.5) is 0 Å². The standard InChI is InChI=1S/3C2H4O2.Co.6H3N/c3*1-2(3)4;;;;;;;/h3*1H3,(H,3,4);;6*1H3/q;;;+3;;;;;;/p-3. The Bertz CT molecular complexity index is 132. The summed E-state index contributed by atoms with van der Waals surface area (Å²) in [5.74, 6) is -3.25. The van der Waals surface area contributed by atoms with Crippen LogP contribution >= 0.6 is 0 Å². The van der Waals surface area contributed by atoms with Gasteiger partial charge in [-0.3, -0.25) is 0 Å². The number of carbonyl (C=O) groups excluding carboxylic acids is 3. The van der Waals surface area contributed by atoms with Gasteiger partial charge < -0.3 is 66.6 Å². The molecular weight excluding hydrogens is 311 g/mol. The minimum absolute atomic E-state index is 0. The van der Waals surface area contributed by atoms with Crippen molar-refractivity contribution in [3.63, 3.8) is 0 Å². The molecule has 0 spiro atoms. The number of aliphatic carboxylic acids is 3. The molecule has 0 aromatic carbocycles. The van der Waals surface area contributed by atoms with Crippen molar-refractivity contribution in [3.05, 3.63) is 0 Å². The van der Waals surface area contributed by atoms with Crippen molar-refractivity contribution in [2.75, 3.05) is 0 Å². The maximum atomic E-state index is 8.89. The van der Waals surface area contributed by atoms with Gasteiger partial charge in [0, 0.05) is 17.9 Å². The summed E-state index contributed by atoms with van der Waals surface area (Å²) in [7, 11) is 0. The van der Waals surface area contributed by atoms with Crippen LogP contribution in [0.15, 0.2) is 0 Å². The van der Waals surface area contributed by atoms with E-state index in [1.165, 1.54) is 0 Å². The van der Waals surface area contributed by atoms with Crippen molar-refractivity contribution in [2.45, 2.75) is 20.8 Å². The van der Waals surface area contributed by atoms with Gasteiger partial charge in [0.2, 0.25) is 0 Å². The molecule has 0 saturated heterocycles. The van der Waals surface area contributed by atoms with Gasteiger partial charge in [-0.2, -0.15) is 0 Å². The van der Waals surface area contributed by atoms with Crippen molar-refractivity contribution in [1.82, 2.24) is 36.9 Å². The minimum Gasteiger partial charge on any atom is -0.550 e. The van der Waals surface area contributed by atoms with Crippen LogP contribution in [0.3, 0.4) is 0 Å². The van der Waals surface area contributed by atoms with Crippen LogP contribution in [-0.2, 0) is 31.2 Å². The Morgan fingerprint density at radius 3 is 0.526 bits per heavy atom. The van der Waals surface area contributed by atoms with Crippen LogP contribution in [0.25, 0.3) is 0 Å². The molecule has 13 heteroatoms. The molecule has 126 valence electrons. The SMILES string of the molecule is CC(=O)[O-].CC(=O)[O-].CC(=O)[O-].N.N.N.N.N.N.[Co+3]. The van der Waals surface area contributed by atoms with Gasteiger partial charge in [0.05, 0.1) is 0 Å². The Kier molecular flexibility index (Phi) is 305. The number of carbonyl (C=O) groups is 3. The third-order valence-electron chi connectivity index (χ3n) is 0. The first kappa shape index (κ1) is 83.4. The molecule has 0 saturated carbocycles. The molecule has 0 bridgehead atoms. The zero-order valence-electron chi connectivity index (χ0n) is 11.5. The summed E-state index contributed by atoms with van der Waals surface area (Å²) in [5.41, 5.74) is 0. The van der Waals surface area contributed by atoms with Gasteiger partial charge in [-0.1, -0.05) is 0 Å². The van der Waals surface area contributed by atoms with Crippen molar-refractivity contribution in [1.29, 1.82) is 0 Å². The Morgan fingerprint density at radius 1 is 0.526 bits per heavy atom. The van der Waals surface area contributed by atoms with Gasteiger partial charge in [0.1, 0.15) is 0 Å². The van der Waals surface area contributed by atoms with E-state index < -0.39 is 17.9 Å². The Balaban J connectivity index is -0.00000000675. The maximum absolute atomic E-state index is 8.89. The molecule has 19 heavy (non-hydrogen) atoms. The summed E-state index contributed by atoms with van der Waals surface area (Å²) in [6, 6.07) is 0. The van der Waals surface area contributed by atoms with Gasteiger partial charge in [0.25, 0.3) is 0 Å². The first-order valence-electron chi connectivity index (χ1n) is 2.72. The molecule has 0 aliphatic carbocycles. The zero-order valence-corrected chi connectivity index (χ0v) is 12.6. The molecule has 18 N–H and O–H groups in total. The molecule has 0 heterocycles. The third-order valence-corrected chi connectivity index (χ3v) is 0. The maximum Gasteiger partial charge on any atom is 3.00 e. The number of hydrogen-bond donors (Lipinski definition) is 6. The zero-order chi connectivity index (χ0) is 10.7. The van der Waals surface area contributed by atoms with E-state index in [-0.39, 0.29) is 53.7 Å². The molecule has 0 atom stereocenters. The van der Waals surface area contributed by atoms with E-state index >= 15 is 0 Å². The first-order valence-corrected chi connectivity index (χ1v) is 2.72. The molecule has 0 fully saturated rings. The number of carboxylic acid groups (broad SMARTS) is 3. The molecule has 0 aliphatic rings. The third kappa shape index (κ3) is 2050. The molecular formula is C6H27CoN6O6. The summed E-state index contributed by atoms with van der Waals surface area (Å²) in [6.07, 6.45) is 0. The van der Waals surface area contributed by atoms with E-state index in [4.69, 9.17) is 29.7 Å². The van der Waals surface area contributed by atoms with E-state index in [0.717, 1.165) is 20.8 Å². The smallest absolute Gasteiger partial charge is 0.550 e. The van der Waals surface area contributed by atoms with Crippen LogP contribution in [0.1, 0.15) is 20.8 Å². The second kappa shape index (κ2) is 69.5. The summed E-state index contributed by atoms with van der Waals surface area (Å²) < 4.78 is 0. The van der Waals surface area contributed by atoms with E-state index in [2.05, 4.69) is 0 Å². The largest absolute Gasteiger partial charge is 3.00 e. The van der Waals surface area contributed by atoms with Crippen LogP contribution in [0.5, 0.6) is 0 Å². The fourth-order valence-corrected chi connectivity index (χ4v) is 0. The fraction of sp³-hybridized carbons (Fsp3) is 0.500. The predicted molar refractivity (Wildman–Crippen MR) is 62.2 cm³/mol. The van der Waals surface area contributed by atoms with Crippen LogP contribution in [-0.4, -0.2) is 17.9 Å². The molecule has 0 unspecified atom stereocenters. The molecule has 0 aliphatic heterocycles. The van der Waals surface area contributed by atoms with Crippen LogP contribution in [0, 0.1) is 0 Å². The quantitative estimate of drug-likeness (QED) is 0.261. The summed E-state index contributed by atoms with van der Waals surface area (Å²) in [4.78, 5) is 26.7. The van der Waals surface area contributed by atoms with E-state index in [1.54, 1.807) is 0 Å². The topological polar surface area (TPSA) is 330 Å². The van der Waals surface area contributed by atoms with Gasteiger partial charge in [-0.25, -0.2) is 0 Å². The Labute approximate surface area is 123 Å². The van der Waals surface area contributed by atoms with Crippen molar-refractivity contribution >= 4 is 17.9 Å². The molecule has 0 rings (SSSR count).